The van der Waals surface area contributed by atoms with Gasteiger partial charge >= 0.3 is 0 Å². The number of hydrogen-bond acceptors (Lipinski definition) is 1. The van der Waals surface area contributed by atoms with E-state index in [9.17, 15) is 0 Å². The van der Waals surface area contributed by atoms with Gasteiger partial charge in [-0.3, -0.25) is 0 Å². The van der Waals surface area contributed by atoms with Crippen molar-refractivity contribution in [2.24, 2.45) is 0 Å². The summed E-state index contributed by atoms with van der Waals surface area (Å²) in [5, 5.41) is 3.16. The molecule has 1 aromatic carbocycles. The Hall–Kier alpha value is -1.02. The predicted molar refractivity (Wildman–Crippen MR) is 57.9 cm³/mol. The third-order valence-electron chi connectivity index (χ3n) is 1.88. The zero-order chi connectivity index (χ0) is 9.10. The minimum Gasteiger partial charge on any atom is -0.387 e. The predicted octanol–water partition coefficient (Wildman–Crippen LogP) is 2.75. The lowest BCUT2D eigenvalue weighted by atomic mass is 10.1. The third-order valence-corrected chi connectivity index (χ3v) is 2.41. The highest BCUT2D eigenvalue weighted by Crippen LogP contribution is 2.18. The molecule has 0 fully saturated rings. The highest BCUT2D eigenvalue weighted by Gasteiger charge is 2.00. The first-order chi connectivity index (χ1) is 6.36. The standard InChI is InChI=1S/C11H9BrN/c12-11-5-3-9(4-6-11)10-2-1-7-13-8-10/h1,3-6,8,13H,7H2. The third kappa shape index (κ3) is 2.01. The van der Waals surface area contributed by atoms with Crippen LogP contribution in [-0.4, -0.2) is 6.54 Å². The van der Waals surface area contributed by atoms with E-state index in [-0.39, 0.29) is 0 Å². The molecule has 0 amide bonds. The average Bonchev–Trinajstić information content (AvgIpc) is 2.20. The molecule has 2 heteroatoms. The minimum atomic E-state index is 0.875. The summed E-state index contributed by atoms with van der Waals surface area (Å²) in [7, 11) is 0. The van der Waals surface area contributed by atoms with Gasteiger partial charge in [-0.05, 0) is 23.8 Å². The summed E-state index contributed by atoms with van der Waals surface area (Å²) in [5.41, 5.74) is 2.30. The van der Waals surface area contributed by atoms with Gasteiger partial charge in [0.25, 0.3) is 0 Å². The summed E-state index contributed by atoms with van der Waals surface area (Å²) in [5.74, 6) is 0. The fourth-order valence-corrected chi connectivity index (χ4v) is 1.48. The molecule has 0 bridgehead atoms. The summed E-state index contributed by atoms with van der Waals surface area (Å²) < 4.78 is 1.10. The van der Waals surface area contributed by atoms with E-state index >= 15 is 0 Å². The van der Waals surface area contributed by atoms with Crippen LogP contribution in [0, 0.1) is 6.08 Å². The summed E-state index contributed by atoms with van der Waals surface area (Å²) in [6, 6.07) is 8.21. The van der Waals surface area contributed by atoms with Crippen LogP contribution in [-0.2, 0) is 0 Å². The number of benzene rings is 1. The Labute approximate surface area is 86.3 Å². The van der Waals surface area contributed by atoms with Gasteiger partial charge in [-0.15, -0.1) is 0 Å². The SMILES string of the molecule is Brc1ccc(C2=CNCC=[C]2)cc1. The van der Waals surface area contributed by atoms with Gasteiger partial charge in [-0.1, -0.05) is 34.1 Å². The lowest BCUT2D eigenvalue weighted by Gasteiger charge is -2.07. The molecule has 1 heterocycles. The summed E-state index contributed by atoms with van der Waals surface area (Å²) in [6.07, 6.45) is 7.20. The second kappa shape index (κ2) is 3.79. The van der Waals surface area contributed by atoms with E-state index in [1.54, 1.807) is 0 Å². The normalized spacial score (nSPS) is 15.0. The molecule has 0 spiro atoms. The van der Waals surface area contributed by atoms with Gasteiger partial charge < -0.3 is 5.32 Å². The molecule has 1 aliphatic heterocycles. The van der Waals surface area contributed by atoms with Crippen LogP contribution < -0.4 is 5.32 Å². The van der Waals surface area contributed by atoms with Crippen molar-refractivity contribution in [2.45, 2.75) is 0 Å². The molecule has 0 unspecified atom stereocenters. The van der Waals surface area contributed by atoms with Crippen molar-refractivity contribution in [3.8, 4) is 0 Å². The molecule has 0 saturated heterocycles. The van der Waals surface area contributed by atoms with E-state index in [4.69, 9.17) is 0 Å². The van der Waals surface area contributed by atoms with Crippen LogP contribution in [0.15, 0.2) is 41.0 Å². The molecule has 1 radical (unpaired) electrons. The van der Waals surface area contributed by atoms with Crippen molar-refractivity contribution in [3.05, 3.63) is 52.7 Å². The first-order valence-electron chi connectivity index (χ1n) is 4.14. The molecule has 0 saturated carbocycles. The number of allylic oxidation sites excluding steroid dienone is 2. The van der Waals surface area contributed by atoms with Crippen molar-refractivity contribution in [1.82, 2.24) is 5.32 Å². The Morgan fingerprint density at radius 2 is 2.00 bits per heavy atom. The molecule has 1 aromatic rings. The van der Waals surface area contributed by atoms with Crippen molar-refractivity contribution < 1.29 is 0 Å². The van der Waals surface area contributed by atoms with E-state index in [1.807, 2.05) is 24.4 Å². The topological polar surface area (TPSA) is 12.0 Å². The first kappa shape index (κ1) is 8.57. The van der Waals surface area contributed by atoms with Gasteiger partial charge in [0, 0.05) is 22.8 Å². The average molecular weight is 235 g/mol. The molecular weight excluding hydrogens is 226 g/mol. The van der Waals surface area contributed by atoms with Crippen molar-refractivity contribution in [2.75, 3.05) is 6.54 Å². The minimum absolute atomic E-state index is 0.875. The van der Waals surface area contributed by atoms with Crippen LogP contribution in [0.1, 0.15) is 5.56 Å². The first-order valence-corrected chi connectivity index (χ1v) is 4.93. The van der Waals surface area contributed by atoms with Gasteiger partial charge in [0.15, 0.2) is 0 Å². The number of dihydropyridines is 1. The van der Waals surface area contributed by atoms with Gasteiger partial charge in [0.1, 0.15) is 0 Å². The van der Waals surface area contributed by atoms with Crippen LogP contribution in [0.5, 0.6) is 0 Å². The molecule has 0 aromatic heterocycles. The van der Waals surface area contributed by atoms with Crippen molar-refractivity contribution in [3.63, 3.8) is 0 Å². The monoisotopic (exact) mass is 234 g/mol. The Bertz CT molecular complexity index is 349. The lowest BCUT2D eigenvalue weighted by Crippen LogP contribution is -2.08. The Balaban J connectivity index is 2.30. The lowest BCUT2D eigenvalue weighted by molar-refractivity contribution is 0.972. The maximum absolute atomic E-state index is 3.41. The molecule has 1 N–H and O–H groups in total. The highest BCUT2D eigenvalue weighted by atomic mass is 79.9. The quantitative estimate of drug-likeness (QED) is 0.789. The molecule has 0 aliphatic carbocycles. The molecule has 1 nitrogen and oxygen atoms in total. The maximum Gasteiger partial charge on any atom is 0.0334 e. The fourth-order valence-electron chi connectivity index (χ4n) is 1.22. The van der Waals surface area contributed by atoms with Crippen LogP contribution in [0.4, 0.5) is 0 Å². The van der Waals surface area contributed by atoms with Gasteiger partial charge in [-0.25, -0.2) is 0 Å². The van der Waals surface area contributed by atoms with Crippen LogP contribution >= 0.6 is 15.9 Å². The molecule has 65 valence electrons. The van der Waals surface area contributed by atoms with E-state index < -0.39 is 0 Å². The van der Waals surface area contributed by atoms with Gasteiger partial charge in [0.2, 0.25) is 0 Å². The second-order valence-corrected chi connectivity index (χ2v) is 3.74. The molecule has 2 rings (SSSR count). The second-order valence-electron chi connectivity index (χ2n) is 2.82. The number of halogens is 1. The molecular formula is C11H9BrN. The molecule has 1 aliphatic rings. The van der Waals surface area contributed by atoms with Gasteiger partial charge in [0.05, 0.1) is 0 Å². The maximum atomic E-state index is 3.41. The zero-order valence-corrected chi connectivity index (χ0v) is 8.64. The van der Waals surface area contributed by atoms with E-state index in [1.165, 1.54) is 5.56 Å². The summed E-state index contributed by atoms with van der Waals surface area (Å²) in [4.78, 5) is 0. The van der Waals surface area contributed by atoms with Crippen LogP contribution in [0.2, 0.25) is 0 Å². The fraction of sp³-hybridized carbons (Fsp3) is 0.0909. The van der Waals surface area contributed by atoms with Crippen LogP contribution in [0.25, 0.3) is 5.57 Å². The van der Waals surface area contributed by atoms with Crippen molar-refractivity contribution >= 4 is 21.5 Å². The Kier molecular flexibility index (Phi) is 2.50. The molecule has 0 atom stereocenters. The number of hydrogen-bond donors (Lipinski definition) is 1. The van der Waals surface area contributed by atoms with E-state index in [0.29, 0.717) is 0 Å². The van der Waals surface area contributed by atoms with E-state index in [2.05, 4.69) is 39.5 Å². The smallest absolute Gasteiger partial charge is 0.0334 e. The summed E-state index contributed by atoms with van der Waals surface area (Å²) in [6.45, 7) is 0.875. The van der Waals surface area contributed by atoms with Crippen molar-refractivity contribution in [1.29, 1.82) is 0 Å². The molecule has 13 heavy (non-hydrogen) atoms. The Morgan fingerprint density at radius 1 is 1.23 bits per heavy atom. The summed E-state index contributed by atoms with van der Waals surface area (Å²) >= 11 is 3.41. The van der Waals surface area contributed by atoms with Gasteiger partial charge in [-0.2, -0.15) is 0 Å². The Morgan fingerprint density at radius 3 is 2.62 bits per heavy atom. The number of rotatable bonds is 1. The highest BCUT2D eigenvalue weighted by molar-refractivity contribution is 9.10. The number of nitrogens with one attached hydrogen (secondary N) is 1. The van der Waals surface area contributed by atoms with E-state index in [0.717, 1.165) is 16.6 Å². The largest absolute Gasteiger partial charge is 0.387 e. The zero-order valence-electron chi connectivity index (χ0n) is 7.05. The van der Waals surface area contributed by atoms with Crippen LogP contribution in [0.3, 0.4) is 0 Å².